The molecule has 0 bridgehead atoms. The van der Waals surface area contributed by atoms with Gasteiger partial charge >= 0.3 is 0 Å². The number of nitrogens with zero attached hydrogens (tertiary/aromatic N) is 2. The molecule has 0 aliphatic rings. The summed E-state index contributed by atoms with van der Waals surface area (Å²) in [6, 6.07) is 9.98. The molecule has 0 heterocycles. The standard InChI is InChI=1S/C15H20N2/c1-3-4-5-6-9-12-17(2)15-11-8-7-10-14(15)13-16/h3,7-8,10-11H,1,4-6,9,12H2,2H3. The van der Waals surface area contributed by atoms with Crippen LogP contribution in [-0.4, -0.2) is 13.6 Å². The van der Waals surface area contributed by atoms with Gasteiger partial charge in [0.1, 0.15) is 6.07 Å². The Morgan fingerprint density at radius 3 is 2.76 bits per heavy atom. The lowest BCUT2D eigenvalue weighted by molar-refractivity contribution is 0.679. The van der Waals surface area contributed by atoms with E-state index in [-0.39, 0.29) is 0 Å². The SMILES string of the molecule is C=CCCCCCN(C)c1ccccc1C#N. The molecule has 0 saturated heterocycles. The second-order valence-corrected chi connectivity index (χ2v) is 4.19. The molecule has 2 heteroatoms. The van der Waals surface area contributed by atoms with Crippen molar-refractivity contribution in [3.8, 4) is 6.07 Å². The summed E-state index contributed by atoms with van der Waals surface area (Å²) in [5.41, 5.74) is 1.78. The van der Waals surface area contributed by atoms with Gasteiger partial charge in [-0.3, -0.25) is 0 Å². The molecule has 1 aromatic rings. The molecule has 2 nitrogen and oxygen atoms in total. The van der Waals surface area contributed by atoms with Crippen molar-refractivity contribution >= 4 is 5.69 Å². The van der Waals surface area contributed by atoms with Crippen molar-refractivity contribution in [2.24, 2.45) is 0 Å². The Kier molecular flexibility index (Phi) is 5.88. The highest BCUT2D eigenvalue weighted by Crippen LogP contribution is 2.18. The minimum atomic E-state index is 0.751. The number of hydrogen-bond donors (Lipinski definition) is 0. The quantitative estimate of drug-likeness (QED) is 0.525. The molecule has 0 atom stereocenters. The van der Waals surface area contributed by atoms with Crippen molar-refractivity contribution in [3.63, 3.8) is 0 Å². The molecular formula is C15H20N2. The van der Waals surface area contributed by atoms with Gasteiger partial charge in [-0.1, -0.05) is 24.6 Å². The molecule has 90 valence electrons. The number of benzene rings is 1. The van der Waals surface area contributed by atoms with E-state index in [0.717, 1.165) is 30.6 Å². The van der Waals surface area contributed by atoms with E-state index < -0.39 is 0 Å². The van der Waals surface area contributed by atoms with Crippen molar-refractivity contribution in [1.82, 2.24) is 0 Å². The van der Waals surface area contributed by atoms with Gasteiger partial charge in [-0.15, -0.1) is 6.58 Å². The summed E-state index contributed by atoms with van der Waals surface area (Å²) in [5, 5.41) is 9.02. The monoisotopic (exact) mass is 228 g/mol. The third-order valence-corrected chi connectivity index (χ3v) is 2.84. The molecule has 0 aliphatic carbocycles. The zero-order chi connectivity index (χ0) is 12.5. The number of anilines is 1. The Morgan fingerprint density at radius 2 is 2.06 bits per heavy atom. The van der Waals surface area contributed by atoms with E-state index in [1.807, 2.05) is 37.4 Å². The van der Waals surface area contributed by atoms with E-state index in [2.05, 4.69) is 17.5 Å². The van der Waals surface area contributed by atoms with E-state index in [1.54, 1.807) is 0 Å². The molecule has 0 saturated carbocycles. The maximum absolute atomic E-state index is 9.02. The predicted molar refractivity (Wildman–Crippen MR) is 73.1 cm³/mol. The fourth-order valence-corrected chi connectivity index (χ4v) is 1.84. The molecule has 0 radical (unpaired) electrons. The zero-order valence-corrected chi connectivity index (χ0v) is 10.5. The molecule has 0 aliphatic heterocycles. The van der Waals surface area contributed by atoms with Gasteiger partial charge < -0.3 is 4.90 Å². The maximum Gasteiger partial charge on any atom is 0.101 e. The van der Waals surface area contributed by atoms with Crippen LogP contribution in [0.5, 0.6) is 0 Å². The number of allylic oxidation sites excluding steroid dienone is 1. The Morgan fingerprint density at radius 1 is 1.29 bits per heavy atom. The lowest BCUT2D eigenvalue weighted by Gasteiger charge is -2.20. The molecule has 1 rings (SSSR count). The molecule has 1 aromatic carbocycles. The smallest absolute Gasteiger partial charge is 0.101 e. The topological polar surface area (TPSA) is 27.0 Å². The van der Waals surface area contributed by atoms with Gasteiger partial charge in [0.15, 0.2) is 0 Å². The van der Waals surface area contributed by atoms with Crippen molar-refractivity contribution < 1.29 is 0 Å². The Labute approximate surface area is 104 Å². The highest BCUT2D eigenvalue weighted by molar-refractivity contribution is 5.58. The third kappa shape index (κ3) is 4.32. The van der Waals surface area contributed by atoms with Gasteiger partial charge in [-0.2, -0.15) is 5.26 Å². The first-order valence-corrected chi connectivity index (χ1v) is 6.10. The Bertz CT molecular complexity index is 390. The fourth-order valence-electron chi connectivity index (χ4n) is 1.84. The van der Waals surface area contributed by atoms with Crippen LogP contribution in [0.15, 0.2) is 36.9 Å². The summed E-state index contributed by atoms with van der Waals surface area (Å²) in [4.78, 5) is 2.16. The third-order valence-electron chi connectivity index (χ3n) is 2.84. The van der Waals surface area contributed by atoms with E-state index in [1.165, 1.54) is 12.8 Å². The maximum atomic E-state index is 9.02. The molecule has 0 fully saturated rings. The van der Waals surface area contributed by atoms with Gasteiger partial charge in [-0.25, -0.2) is 0 Å². The summed E-state index contributed by atoms with van der Waals surface area (Å²) in [5.74, 6) is 0. The summed E-state index contributed by atoms with van der Waals surface area (Å²) in [6.07, 6.45) is 6.64. The van der Waals surface area contributed by atoms with Gasteiger partial charge in [-0.05, 0) is 31.4 Å². The first-order chi connectivity index (χ1) is 8.29. The van der Waals surface area contributed by atoms with E-state index in [9.17, 15) is 0 Å². The molecule has 17 heavy (non-hydrogen) atoms. The zero-order valence-electron chi connectivity index (χ0n) is 10.5. The van der Waals surface area contributed by atoms with Crippen molar-refractivity contribution in [1.29, 1.82) is 5.26 Å². The van der Waals surface area contributed by atoms with Crippen LogP contribution < -0.4 is 4.90 Å². The predicted octanol–water partition coefficient (Wildman–Crippen LogP) is 3.74. The second kappa shape index (κ2) is 7.51. The molecular weight excluding hydrogens is 208 g/mol. The minimum Gasteiger partial charge on any atom is -0.374 e. The highest BCUT2D eigenvalue weighted by atomic mass is 15.1. The number of rotatable bonds is 7. The first kappa shape index (κ1) is 13.3. The lowest BCUT2D eigenvalue weighted by Crippen LogP contribution is -2.19. The second-order valence-electron chi connectivity index (χ2n) is 4.19. The van der Waals surface area contributed by atoms with Crippen molar-refractivity contribution in [3.05, 3.63) is 42.5 Å². The normalized spacial score (nSPS) is 9.65. The summed E-state index contributed by atoms with van der Waals surface area (Å²) >= 11 is 0. The fraction of sp³-hybridized carbons (Fsp3) is 0.400. The van der Waals surface area contributed by atoms with Gasteiger partial charge in [0, 0.05) is 13.6 Å². The van der Waals surface area contributed by atoms with Crippen LogP contribution in [0, 0.1) is 11.3 Å². The number of para-hydroxylation sites is 1. The molecule has 0 aromatic heterocycles. The van der Waals surface area contributed by atoms with Crippen LogP contribution in [0.25, 0.3) is 0 Å². The van der Waals surface area contributed by atoms with Gasteiger partial charge in [0.25, 0.3) is 0 Å². The van der Waals surface area contributed by atoms with E-state index >= 15 is 0 Å². The minimum absolute atomic E-state index is 0.751. The van der Waals surface area contributed by atoms with Crippen LogP contribution in [0.2, 0.25) is 0 Å². The number of hydrogen-bond acceptors (Lipinski definition) is 2. The highest BCUT2D eigenvalue weighted by Gasteiger charge is 2.05. The Hall–Kier alpha value is -1.75. The van der Waals surface area contributed by atoms with E-state index in [0.29, 0.717) is 0 Å². The lowest BCUT2D eigenvalue weighted by atomic mass is 10.1. The van der Waals surface area contributed by atoms with Gasteiger partial charge in [0.2, 0.25) is 0 Å². The van der Waals surface area contributed by atoms with Crippen LogP contribution in [0.1, 0.15) is 31.2 Å². The Balaban J connectivity index is 2.44. The summed E-state index contributed by atoms with van der Waals surface area (Å²) in [7, 11) is 2.05. The summed E-state index contributed by atoms with van der Waals surface area (Å²) < 4.78 is 0. The van der Waals surface area contributed by atoms with E-state index in [4.69, 9.17) is 5.26 Å². The average Bonchev–Trinajstić information content (AvgIpc) is 2.38. The largest absolute Gasteiger partial charge is 0.374 e. The summed E-state index contributed by atoms with van der Waals surface area (Å²) in [6.45, 7) is 4.71. The molecule has 0 spiro atoms. The molecule has 0 amide bonds. The first-order valence-electron chi connectivity index (χ1n) is 6.10. The number of unbranched alkanes of at least 4 members (excludes halogenated alkanes) is 3. The van der Waals surface area contributed by atoms with Crippen molar-refractivity contribution in [2.45, 2.75) is 25.7 Å². The average molecular weight is 228 g/mol. The van der Waals surface area contributed by atoms with Crippen molar-refractivity contribution in [2.75, 3.05) is 18.5 Å². The van der Waals surface area contributed by atoms with Crippen LogP contribution in [0.3, 0.4) is 0 Å². The number of nitriles is 1. The molecule has 0 unspecified atom stereocenters. The molecule has 0 N–H and O–H groups in total. The van der Waals surface area contributed by atoms with Gasteiger partial charge in [0.05, 0.1) is 11.3 Å². The van der Waals surface area contributed by atoms with Crippen LogP contribution in [0.4, 0.5) is 5.69 Å². The van der Waals surface area contributed by atoms with Crippen LogP contribution in [-0.2, 0) is 0 Å². The van der Waals surface area contributed by atoms with Crippen LogP contribution >= 0.6 is 0 Å².